The minimum Gasteiger partial charge on any atom is -0.445 e. The Morgan fingerprint density at radius 1 is 1.14 bits per heavy atom. The van der Waals surface area contributed by atoms with Crippen molar-refractivity contribution in [3.05, 3.63) is 71.3 Å². The number of aliphatic hydroxyl groups excluding tert-OH is 1. The van der Waals surface area contributed by atoms with Crippen molar-refractivity contribution in [2.45, 2.75) is 71.6 Å². The maximum atomic E-state index is 13.5. The monoisotopic (exact) mass is 478 g/mol. The molecule has 2 N–H and O–H groups in total. The van der Waals surface area contributed by atoms with Crippen LogP contribution in [0.1, 0.15) is 69.1 Å². The molecule has 0 aromatic heterocycles. The Morgan fingerprint density at radius 2 is 1.89 bits per heavy atom. The van der Waals surface area contributed by atoms with Crippen molar-refractivity contribution in [2.24, 2.45) is 17.3 Å². The molecule has 0 bridgehead atoms. The van der Waals surface area contributed by atoms with Crippen molar-refractivity contribution in [1.82, 2.24) is 10.2 Å². The van der Waals surface area contributed by atoms with Crippen LogP contribution in [0.5, 0.6) is 0 Å². The van der Waals surface area contributed by atoms with E-state index in [0.29, 0.717) is 25.0 Å². The summed E-state index contributed by atoms with van der Waals surface area (Å²) >= 11 is 0. The van der Waals surface area contributed by atoms with E-state index in [4.69, 9.17) is 4.74 Å². The van der Waals surface area contributed by atoms with Crippen molar-refractivity contribution in [3.63, 3.8) is 0 Å². The van der Waals surface area contributed by atoms with Crippen molar-refractivity contribution in [1.29, 1.82) is 0 Å². The van der Waals surface area contributed by atoms with Crippen LogP contribution in [0.4, 0.5) is 4.79 Å². The van der Waals surface area contributed by atoms with E-state index in [-0.39, 0.29) is 30.1 Å². The summed E-state index contributed by atoms with van der Waals surface area (Å²) in [6, 6.07) is 18.4. The molecule has 1 aliphatic carbocycles. The van der Waals surface area contributed by atoms with Gasteiger partial charge in [-0.2, -0.15) is 0 Å². The summed E-state index contributed by atoms with van der Waals surface area (Å²) in [6.45, 7) is 9.62. The Morgan fingerprint density at radius 3 is 2.54 bits per heavy atom. The smallest absolute Gasteiger partial charge is 0.410 e. The molecule has 2 aromatic carbocycles. The molecule has 5 nitrogen and oxygen atoms in total. The molecule has 0 radical (unpaired) electrons. The number of nitrogens with zero attached hydrogens (tertiary/aromatic N) is 1. The van der Waals surface area contributed by atoms with E-state index in [1.54, 1.807) is 0 Å². The Labute approximate surface area is 210 Å². The third-order valence-corrected chi connectivity index (χ3v) is 8.47. The quantitative estimate of drug-likeness (QED) is 0.534. The SMILES string of the molecule is CC1CCCC(C(C)C)(C(c2ccc(CO)cc2)C2CNCCN2C(=O)OCc2ccccc2)C1. The molecule has 2 fully saturated rings. The zero-order valence-electron chi connectivity index (χ0n) is 21.6. The number of hydrogen-bond acceptors (Lipinski definition) is 4. The van der Waals surface area contributed by atoms with E-state index in [1.807, 2.05) is 47.4 Å². The standard InChI is InChI=1S/C30H42N2O3/c1-22(2)30(15-7-8-23(3)18-30)28(26-13-11-24(20-33)12-14-26)27-19-31-16-17-32(27)29(34)35-21-25-9-5-4-6-10-25/h4-6,9-14,22-23,27-28,31,33H,7-8,15-21H2,1-3H3. The molecular weight excluding hydrogens is 436 g/mol. The highest BCUT2D eigenvalue weighted by molar-refractivity contribution is 5.68. The largest absolute Gasteiger partial charge is 0.445 e. The summed E-state index contributed by atoms with van der Waals surface area (Å²) in [7, 11) is 0. The van der Waals surface area contributed by atoms with Gasteiger partial charge in [0.05, 0.1) is 12.6 Å². The van der Waals surface area contributed by atoms with Crippen molar-refractivity contribution in [3.8, 4) is 0 Å². The second kappa shape index (κ2) is 11.6. The lowest BCUT2D eigenvalue weighted by atomic mass is 9.54. The Kier molecular flexibility index (Phi) is 8.51. The lowest BCUT2D eigenvalue weighted by molar-refractivity contribution is -0.00244. The second-order valence-corrected chi connectivity index (χ2v) is 11.0. The lowest BCUT2D eigenvalue weighted by Crippen LogP contribution is -2.59. The average Bonchev–Trinajstić information content (AvgIpc) is 2.88. The number of carbonyl (C=O) groups is 1. The minimum absolute atomic E-state index is 0.0136. The number of carbonyl (C=O) groups excluding carboxylic acids is 1. The van der Waals surface area contributed by atoms with E-state index in [1.165, 1.54) is 31.2 Å². The van der Waals surface area contributed by atoms with Gasteiger partial charge in [-0.3, -0.25) is 0 Å². The fourth-order valence-electron chi connectivity index (χ4n) is 6.62. The van der Waals surface area contributed by atoms with Gasteiger partial charge in [-0.15, -0.1) is 0 Å². The van der Waals surface area contributed by atoms with E-state index in [9.17, 15) is 9.90 Å². The summed E-state index contributed by atoms with van der Waals surface area (Å²) in [4.78, 5) is 15.5. The molecule has 1 saturated heterocycles. The zero-order valence-corrected chi connectivity index (χ0v) is 21.6. The molecule has 1 aliphatic heterocycles. The molecule has 190 valence electrons. The van der Waals surface area contributed by atoms with Crippen LogP contribution in [0.25, 0.3) is 0 Å². The first-order valence-electron chi connectivity index (χ1n) is 13.3. The third kappa shape index (κ3) is 5.73. The van der Waals surface area contributed by atoms with Crippen LogP contribution in [-0.4, -0.2) is 41.8 Å². The van der Waals surface area contributed by atoms with Gasteiger partial charge in [-0.25, -0.2) is 4.79 Å². The fraction of sp³-hybridized carbons (Fsp3) is 0.567. The van der Waals surface area contributed by atoms with Gasteiger partial charge < -0.3 is 20.1 Å². The van der Waals surface area contributed by atoms with Crippen LogP contribution >= 0.6 is 0 Å². The summed E-state index contributed by atoms with van der Waals surface area (Å²) in [5.41, 5.74) is 3.28. The van der Waals surface area contributed by atoms with Crippen molar-refractivity contribution in [2.75, 3.05) is 19.6 Å². The molecule has 35 heavy (non-hydrogen) atoms. The normalized spacial score (nSPS) is 25.9. The molecule has 1 saturated carbocycles. The van der Waals surface area contributed by atoms with Crippen molar-refractivity contribution >= 4 is 6.09 Å². The molecule has 1 heterocycles. The minimum atomic E-state index is -0.222. The van der Waals surface area contributed by atoms with E-state index >= 15 is 0 Å². The maximum absolute atomic E-state index is 13.5. The predicted molar refractivity (Wildman–Crippen MR) is 140 cm³/mol. The number of rotatable bonds is 7. The van der Waals surface area contributed by atoms with Gasteiger partial charge in [0.25, 0.3) is 0 Å². The molecule has 4 unspecified atom stereocenters. The van der Waals surface area contributed by atoms with E-state index in [2.05, 4.69) is 38.2 Å². The number of piperazine rings is 1. The third-order valence-electron chi connectivity index (χ3n) is 8.47. The van der Waals surface area contributed by atoms with Crippen LogP contribution in [0.2, 0.25) is 0 Å². The number of amides is 1. The van der Waals surface area contributed by atoms with Crippen molar-refractivity contribution < 1.29 is 14.6 Å². The number of nitrogens with one attached hydrogen (secondary N) is 1. The summed E-state index contributed by atoms with van der Waals surface area (Å²) in [5.74, 6) is 1.34. The van der Waals surface area contributed by atoms with Crippen LogP contribution in [-0.2, 0) is 18.0 Å². The topological polar surface area (TPSA) is 61.8 Å². The number of benzene rings is 2. The Balaban J connectivity index is 1.69. The Hall–Kier alpha value is -2.37. The number of ether oxygens (including phenoxy) is 1. The first kappa shape index (κ1) is 25.7. The summed E-state index contributed by atoms with van der Waals surface area (Å²) in [5, 5.41) is 13.2. The number of aliphatic hydroxyl groups is 1. The zero-order chi connectivity index (χ0) is 24.8. The summed E-state index contributed by atoms with van der Waals surface area (Å²) in [6.07, 6.45) is 4.62. The Bertz CT molecular complexity index is 946. The van der Waals surface area contributed by atoms with Crippen LogP contribution in [0.15, 0.2) is 54.6 Å². The predicted octanol–water partition coefficient (Wildman–Crippen LogP) is 5.73. The molecule has 5 heteroatoms. The maximum Gasteiger partial charge on any atom is 0.410 e. The summed E-state index contributed by atoms with van der Waals surface area (Å²) < 4.78 is 5.85. The molecule has 0 spiro atoms. The van der Waals surface area contributed by atoms with Gasteiger partial charge >= 0.3 is 6.09 Å². The molecule has 4 rings (SSSR count). The first-order valence-corrected chi connectivity index (χ1v) is 13.3. The lowest BCUT2D eigenvalue weighted by Gasteiger charge is -2.54. The van der Waals surface area contributed by atoms with Crippen LogP contribution < -0.4 is 5.32 Å². The molecule has 4 atom stereocenters. The average molecular weight is 479 g/mol. The molecule has 1 amide bonds. The van der Waals surface area contributed by atoms with E-state index < -0.39 is 0 Å². The van der Waals surface area contributed by atoms with Gasteiger partial charge in [0.1, 0.15) is 6.61 Å². The number of hydrogen-bond donors (Lipinski definition) is 2. The van der Waals surface area contributed by atoms with Gasteiger partial charge in [-0.1, -0.05) is 88.2 Å². The molecule has 2 aliphatic rings. The van der Waals surface area contributed by atoms with Gasteiger partial charge in [0, 0.05) is 25.6 Å². The van der Waals surface area contributed by atoms with E-state index in [0.717, 1.165) is 24.2 Å². The fourth-order valence-corrected chi connectivity index (χ4v) is 6.62. The highest BCUT2D eigenvalue weighted by atomic mass is 16.6. The van der Waals surface area contributed by atoms with Gasteiger partial charge in [-0.05, 0) is 46.8 Å². The van der Waals surface area contributed by atoms with Gasteiger partial charge in [0.15, 0.2) is 0 Å². The van der Waals surface area contributed by atoms with Gasteiger partial charge in [0.2, 0.25) is 0 Å². The van der Waals surface area contributed by atoms with Crippen LogP contribution in [0.3, 0.4) is 0 Å². The van der Waals surface area contributed by atoms with Crippen LogP contribution in [0, 0.1) is 17.3 Å². The highest BCUT2D eigenvalue weighted by Crippen LogP contribution is 2.56. The molecular formula is C30H42N2O3. The first-order chi connectivity index (χ1) is 16.9. The second-order valence-electron chi connectivity index (χ2n) is 11.0. The highest BCUT2D eigenvalue weighted by Gasteiger charge is 2.50. The molecule has 2 aromatic rings.